The Bertz CT molecular complexity index is 801. The third-order valence-corrected chi connectivity index (χ3v) is 5.45. The van der Waals surface area contributed by atoms with Crippen molar-refractivity contribution >= 4 is 5.91 Å². The standard InChI is InChI=1S/C20H25N3O3/c1-3-25-18-8-13(2)4-7-17(18)26-12-19(24)23-10-15-6-5-14-9-21-22-20(14)16(15)11-23/h4,7-9,15-16H,3,5-6,10-12H2,1-2H3,(H,21,22)/t15-,16+/m1/s1. The molecule has 1 fully saturated rings. The molecule has 1 N–H and O–H groups in total. The summed E-state index contributed by atoms with van der Waals surface area (Å²) >= 11 is 0. The SMILES string of the molecule is CCOc1cc(C)ccc1OCC(=O)N1C[C@H]2CCc3cn[nH]c3[C@H]2C1. The Morgan fingerprint density at radius 3 is 3.04 bits per heavy atom. The Kier molecular flexibility index (Phi) is 4.57. The monoisotopic (exact) mass is 355 g/mol. The van der Waals surface area contributed by atoms with Crippen molar-refractivity contribution in [3.05, 3.63) is 41.2 Å². The second-order valence-electron chi connectivity index (χ2n) is 7.18. The van der Waals surface area contributed by atoms with E-state index in [4.69, 9.17) is 9.47 Å². The van der Waals surface area contributed by atoms with Gasteiger partial charge in [-0.15, -0.1) is 0 Å². The molecule has 6 nitrogen and oxygen atoms in total. The molecule has 1 saturated heterocycles. The van der Waals surface area contributed by atoms with Crippen LogP contribution in [0.3, 0.4) is 0 Å². The Balaban J connectivity index is 1.40. The van der Waals surface area contributed by atoms with Crippen molar-refractivity contribution < 1.29 is 14.3 Å². The van der Waals surface area contributed by atoms with Crippen molar-refractivity contribution in [2.75, 3.05) is 26.3 Å². The van der Waals surface area contributed by atoms with Gasteiger partial charge in [0.05, 0.1) is 12.8 Å². The molecule has 26 heavy (non-hydrogen) atoms. The molecule has 6 heteroatoms. The first kappa shape index (κ1) is 16.9. The van der Waals surface area contributed by atoms with Crippen LogP contribution in [0.1, 0.15) is 36.1 Å². The third kappa shape index (κ3) is 3.16. The van der Waals surface area contributed by atoms with Crippen molar-refractivity contribution in [1.29, 1.82) is 0 Å². The maximum Gasteiger partial charge on any atom is 0.260 e. The van der Waals surface area contributed by atoms with Gasteiger partial charge in [0.15, 0.2) is 18.1 Å². The largest absolute Gasteiger partial charge is 0.490 e. The number of hydrogen-bond acceptors (Lipinski definition) is 4. The van der Waals surface area contributed by atoms with Gasteiger partial charge in [0.1, 0.15) is 0 Å². The molecule has 0 spiro atoms. The Labute approximate surface area is 153 Å². The number of rotatable bonds is 5. The third-order valence-electron chi connectivity index (χ3n) is 5.45. The van der Waals surface area contributed by atoms with Crippen molar-refractivity contribution in [3.8, 4) is 11.5 Å². The number of carbonyl (C=O) groups is 1. The van der Waals surface area contributed by atoms with Gasteiger partial charge in [-0.25, -0.2) is 0 Å². The number of hydrogen-bond donors (Lipinski definition) is 1. The molecule has 1 aliphatic heterocycles. The minimum Gasteiger partial charge on any atom is -0.490 e. The molecule has 2 aromatic rings. The summed E-state index contributed by atoms with van der Waals surface area (Å²) in [4.78, 5) is 14.6. The zero-order valence-electron chi connectivity index (χ0n) is 15.3. The number of H-pyrrole nitrogens is 1. The summed E-state index contributed by atoms with van der Waals surface area (Å²) in [5.41, 5.74) is 3.62. The maximum atomic E-state index is 12.7. The lowest BCUT2D eigenvalue weighted by atomic mass is 9.81. The Hall–Kier alpha value is -2.50. The summed E-state index contributed by atoms with van der Waals surface area (Å²) in [6.45, 7) is 6.10. The van der Waals surface area contributed by atoms with Crippen LogP contribution >= 0.6 is 0 Å². The van der Waals surface area contributed by atoms with E-state index in [0.717, 1.165) is 31.5 Å². The number of nitrogens with one attached hydrogen (secondary N) is 1. The highest BCUT2D eigenvalue weighted by Gasteiger charge is 2.40. The number of aromatic amines is 1. The van der Waals surface area contributed by atoms with Crippen LogP contribution in [0.25, 0.3) is 0 Å². The molecule has 1 aromatic heterocycles. The molecule has 1 amide bonds. The number of aryl methyl sites for hydroxylation is 2. The van der Waals surface area contributed by atoms with E-state index in [2.05, 4.69) is 10.2 Å². The summed E-state index contributed by atoms with van der Waals surface area (Å²) in [6, 6.07) is 5.77. The number of amides is 1. The predicted molar refractivity (Wildman–Crippen MR) is 97.6 cm³/mol. The van der Waals surface area contributed by atoms with Crippen molar-refractivity contribution in [1.82, 2.24) is 15.1 Å². The Morgan fingerprint density at radius 1 is 1.31 bits per heavy atom. The van der Waals surface area contributed by atoms with Crippen molar-refractivity contribution in [2.24, 2.45) is 5.92 Å². The number of ether oxygens (including phenoxy) is 2. The van der Waals surface area contributed by atoms with Crippen LogP contribution in [0.15, 0.2) is 24.4 Å². The van der Waals surface area contributed by atoms with Gasteiger partial charge in [0, 0.05) is 24.7 Å². The first-order valence-corrected chi connectivity index (χ1v) is 9.32. The van der Waals surface area contributed by atoms with Gasteiger partial charge in [0.25, 0.3) is 5.91 Å². The van der Waals surface area contributed by atoms with E-state index in [9.17, 15) is 4.79 Å². The fourth-order valence-corrected chi connectivity index (χ4v) is 4.11. The highest BCUT2D eigenvalue weighted by molar-refractivity contribution is 5.78. The van der Waals surface area contributed by atoms with Crippen LogP contribution in [0, 0.1) is 12.8 Å². The van der Waals surface area contributed by atoms with E-state index in [1.807, 2.05) is 43.1 Å². The molecule has 4 rings (SSSR count). The van der Waals surface area contributed by atoms with Crippen LogP contribution in [-0.4, -0.2) is 47.3 Å². The average Bonchev–Trinajstić information content (AvgIpc) is 3.27. The smallest absolute Gasteiger partial charge is 0.260 e. The zero-order chi connectivity index (χ0) is 18.1. The fourth-order valence-electron chi connectivity index (χ4n) is 4.11. The Morgan fingerprint density at radius 2 is 2.19 bits per heavy atom. The second-order valence-corrected chi connectivity index (χ2v) is 7.18. The normalized spacial score (nSPS) is 21.2. The number of carbonyl (C=O) groups excluding carboxylic acids is 1. The summed E-state index contributed by atoms with van der Waals surface area (Å²) in [5.74, 6) is 2.24. The van der Waals surface area contributed by atoms with Crippen LogP contribution in [0.5, 0.6) is 11.5 Å². The average molecular weight is 355 g/mol. The molecule has 0 bridgehead atoms. The van der Waals surface area contributed by atoms with Crippen LogP contribution in [0.2, 0.25) is 0 Å². The lowest BCUT2D eigenvalue weighted by Crippen LogP contribution is -2.33. The molecule has 0 radical (unpaired) electrons. The molecule has 138 valence electrons. The maximum absolute atomic E-state index is 12.7. The number of benzene rings is 1. The van der Waals surface area contributed by atoms with Gasteiger partial charge in [-0.05, 0) is 55.9 Å². The second kappa shape index (κ2) is 7.02. The number of nitrogens with zero attached hydrogens (tertiary/aromatic N) is 2. The lowest BCUT2D eigenvalue weighted by Gasteiger charge is -2.22. The van der Waals surface area contributed by atoms with Crippen LogP contribution in [0.4, 0.5) is 0 Å². The van der Waals surface area contributed by atoms with E-state index in [1.54, 1.807) is 0 Å². The van der Waals surface area contributed by atoms with Gasteiger partial charge in [-0.3, -0.25) is 9.89 Å². The van der Waals surface area contributed by atoms with Gasteiger partial charge in [0.2, 0.25) is 0 Å². The van der Waals surface area contributed by atoms with Gasteiger partial charge < -0.3 is 14.4 Å². The number of fused-ring (bicyclic) bond motifs is 3. The molecule has 1 aromatic carbocycles. The van der Waals surface area contributed by atoms with Gasteiger partial charge in [-0.1, -0.05) is 6.07 Å². The number of aromatic nitrogens is 2. The van der Waals surface area contributed by atoms with Crippen molar-refractivity contribution in [2.45, 2.75) is 32.6 Å². The summed E-state index contributed by atoms with van der Waals surface area (Å²) in [5, 5.41) is 7.31. The van der Waals surface area contributed by atoms with E-state index >= 15 is 0 Å². The topological polar surface area (TPSA) is 67.5 Å². The van der Waals surface area contributed by atoms with Crippen LogP contribution in [-0.2, 0) is 11.2 Å². The van der Waals surface area contributed by atoms with Gasteiger partial charge in [-0.2, -0.15) is 5.10 Å². The molecule has 2 heterocycles. The molecular formula is C20H25N3O3. The minimum atomic E-state index is 0.0310. The number of likely N-dealkylation sites (tertiary alicyclic amines) is 1. The molecule has 2 aliphatic rings. The molecule has 1 aliphatic carbocycles. The summed E-state index contributed by atoms with van der Waals surface area (Å²) in [6.07, 6.45) is 4.09. The fraction of sp³-hybridized carbons (Fsp3) is 0.500. The van der Waals surface area contributed by atoms with Crippen LogP contribution < -0.4 is 9.47 Å². The molecular weight excluding hydrogens is 330 g/mol. The van der Waals surface area contributed by atoms with Gasteiger partial charge >= 0.3 is 0 Å². The van der Waals surface area contributed by atoms with E-state index in [-0.39, 0.29) is 12.5 Å². The highest BCUT2D eigenvalue weighted by atomic mass is 16.5. The van der Waals surface area contributed by atoms with E-state index in [1.165, 1.54) is 11.3 Å². The lowest BCUT2D eigenvalue weighted by molar-refractivity contribution is -0.132. The minimum absolute atomic E-state index is 0.0310. The summed E-state index contributed by atoms with van der Waals surface area (Å²) in [7, 11) is 0. The predicted octanol–water partition coefficient (Wildman–Crippen LogP) is 2.68. The molecule has 0 saturated carbocycles. The first-order valence-electron chi connectivity index (χ1n) is 9.32. The van der Waals surface area contributed by atoms with E-state index < -0.39 is 0 Å². The highest BCUT2D eigenvalue weighted by Crippen LogP contribution is 2.40. The summed E-state index contributed by atoms with van der Waals surface area (Å²) < 4.78 is 11.4. The molecule has 0 unspecified atom stereocenters. The quantitative estimate of drug-likeness (QED) is 0.895. The zero-order valence-corrected chi connectivity index (χ0v) is 15.3. The van der Waals surface area contributed by atoms with E-state index in [0.29, 0.717) is 29.9 Å². The van der Waals surface area contributed by atoms with Crippen molar-refractivity contribution in [3.63, 3.8) is 0 Å². The first-order chi connectivity index (χ1) is 12.7. The molecule has 2 atom stereocenters.